The number of hydrogen-bond donors (Lipinski definition) is 0. The number of piperazine rings is 1. The number of aromatic nitrogens is 2. The van der Waals surface area contributed by atoms with Gasteiger partial charge in [-0.25, -0.2) is 14.4 Å². The van der Waals surface area contributed by atoms with Gasteiger partial charge < -0.3 is 9.64 Å². The predicted octanol–water partition coefficient (Wildman–Crippen LogP) is 2.27. The molecule has 24 heavy (non-hydrogen) atoms. The van der Waals surface area contributed by atoms with Gasteiger partial charge in [-0.1, -0.05) is 17.7 Å². The highest BCUT2D eigenvalue weighted by Gasteiger charge is 2.37. The first kappa shape index (κ1) is 15.3. The molecule has 2 fully saturated rings. The number of halogens is 1. The van der Waals surface area contributed by atoms with Crippen molar-refractivity contribution in [3.05, 3.63) is 48.0 Å². The molecule has 0 aliphatic carbocycles. The van der Waals surface area contributed by atoms with E-state index < -0.39 is 5.82 Å². The third kappa shape index (κ3) is 3.19. The second-order valence-corrected chi connectivity index (χ2v) is 6.58. The highest BCUT2D eigenvalue weighted by molar-refractivity contribution is 5.31. The smallest absolute Gasteiger partial charge is 0.225 e. The number of nitrogens with zero attached hydrogens (tertiary/aromatic N) is 4. The summed E-state index contributed by atoms with van der Waals surface area (Å²) in [6.07, 6.45) is 3.66. The molecule has 2 aliphatic heterocycles. The minimum atomic E-state index is -0.398. The van der Waals surface area contributed by atoms with Crippen molar-refractivity contribution < 1.29 is 9.13 Å². The molecule has 1 aromatic carbocycles. The van der Waals surface area contributed by atoms with Crippen molar-refractivity contribution in [2.24, 2.45) is 0 Å². The first-order valence-corrected chi connectivity index (χ1v) is 8.37. The van der Waals surface area contributed by atoms with E-state index in [0.29, 0.717) is 12.0 Å². The maximum atomic E-state index is 13.0. The van der Waals surface area contributed by atoms with Gasteiger partial charge in [-0.05, 0) is 19.1 Å². The number of benzene rings is 1. The van der Waals surface area contributed by atoms with Gasteiger partial charge in [0.1, 0.15) is 11.9 Å². The van der Waals surface area contributed by atoms with Gasteiger partial charge in [-0.2, -0.15) is 0 Å². The fourth-order valence-corrected chi connectivity index (χ4v) is 3.54. The maximum Gasteiger partial charge on any atom is 0.225 e. The Hall–Kier alpha value is -2.21. The molecule has 0 spiro atoms. The zero-order chi connectivity index (χ0) is 16.5. The minimum absolute atomic E-state index is 0.215. The minimum Gasteiger partial charge on any atom is -0.489 e. The van der Waals surface area contributed by atoms with Crippen LogP contribution in [0.2, 0.25) is 0 Å². The van der Waals surface area contributed by atoms with Gasteiger partial charge in [-0.3, -0.25) is 4.90 Å². The van der Waals surface area contributed by atoms with E-state index in [-0.39, 0.29) is 6.10 Å². The predicted molar refractivity (Wildman–Crippen MR) is 89.8 cm³/mol. The Morgan fingerprint density at radius 3 is 2.58 bits per heavy atom. The molecule has 0 radical (unpaired) electrons. The molecule has 0 unspecified atom stereocenters. The number of rotatable bonds is 3. The van der Waals surface area contributed by atoms with Gasteiger partial charge in [0, 0.05) is 38.6 Å². The Balaban J connectivity index is 1.38. The fraction of sp³-hybridized carbons (Fsp3) is 0.444. The SMILES string of the molecule is Cc1ccc(O[C@@H]2C[C@H]3CN(c4ncc(F)cn4)CCN3C2)cc1. The third-order valence-electron chi connectivity index (χ3n) is 4.79. The van der Waals surface area contributed by atoms with E-state index >= 15 is 0 Å². The van der Waals surface area contributed by atoms with Crippen LogP contribution in [0.4, 0.5) is 10.3 Å². The second kappa shape index (κ2) is 6.36. The average molecular weight is 328 g/mol. The van der Waals surface area contributed by atoms with Gasteiger partial charge in [0.15, 0.2) is 5.82 Å². The molecule has 1 aromatic heterocycles. The highest BCUT2D eigenvalue weighted by Crippen LogP contribution is 2.27. The summed E-state index contributed by atoms with van der Waals surface area (Å²) in [5, 5.41) is 0. The summed E-state index contributed by atoms with van der Waals surface area (Å²) in [6.45, 7) is 5.71. The number of ether oxygens (including phenoxy) is 1. The lowest BCUT2D eigenvalue weighted by atomic mass is 10.1. The molecule has 2 saturated heterocycles. The van der Waals surface area contributed by atoms with Crippen LogP contribution in [0.1, 0.15) is 12.0 Å². The van der Waals surface area contributed by atoms with E-state index in [1.807, 2.05) is 12.1 Å². The van der Waals surface area contributed by atoms with Crippen LogP contribution in [0, 0.1) is 12.7 Å². The monoisotopic (exact) mass is 328 g/mol. The maximum absolute atomic E-state index is 13.0. The van der Waals surface area contributed by atoms with Crippen molar-refractivity contribution >= 4 is 5.95 Å². The third-order valence-corrected chi connectivity index (χ3v) is 4.79. The van der Waals surface area contributed by atoms with E-state index in [4.69, 9.17) is 4.74 Å². The summed E-state index contributed by atoms with van der Waals surface area (Å²) in [5.74, 6) is 1.15. The molecule has 0 saturated carbocycles. The van der Waals surface area contributed by atoms with Crippen molar-refractivity contribution in [1.29, 1.82) is 0 Å². The van der Waals surface area contributed by atoms with Gasteiger partial charge in [-0.15, -0.1) is 0 Å². The molecule has 4 rings (SSSR count). The van der Waals surface area contributed by atoms with Crippen LogP contribution in [0.25, 0.3) is 0 Å². The molecule has 0 amide bonds. The van der Waals surface area contributed by atoms with Crippen molar-refractivity contribution in [3.8, 4) is 5.75 Å². The van der Waals surface area contributed by atoms with Gasteiger partial charge in [0.05, 0.1) is 12.4 Å². The molecule has 5 nitrogen and oxygen atoms in total. The fourth-order valence-electron chi connectivity index (χ4n) is 3.54. The Labute approximate surface area is 141 Å². The first-order chi connectivity index (χ1) is 11.7. The highest BCUT2D eigenvalue weighted by atomic mass is 19.1. The summed E-state index contributed by atoms with van der Waals surface area (Å²) < 4.78 is 19.1. The standard InChI is InChI=1S/C18H21FN4O/c1-13-2-4-16(5-3-13)24-17-8-15-11-23(7-6-22(15)12-17)18-20-9-14(19)10-21-18/h2-5,9-10,15,17H,6-8,11-12H2,1H3/t15-,17+/m0/s1. The molecule has 126 valence electrons. The normalized spacial score (nSPS) is 24.0. The number of fused-ring (bicyclic) bond motifs is 1. The van der Waals surface area contributed by atoms with Gasteiger partial charge >= 0.3 is 0 Å². The van der Waals surface area contributed by atoms with Gasteiger partial charge in [0.2, 0.25) is 5.95 Å². The lowest BCUT2D eigenvalue weighted by Crippen LogP contribution is -2.50. The number of hydrogen-bond acceptors (Lipinski definition) is 5. The first-order valence-electron chi connectivity index (χ1n) is 8.37. The average Bonchev–Trinajstić information content (AvgIpc) is 2.99. The molecule has 2 aliphatic rings. The lowest BCUT2D eigenvalue weighted by Gasteiger charge is -2.37. The summed E-state index contributed by atoms with van der Waals surface area (Å²) in [4.78, 5) is 12.8. The Morgan fingerprint density at radius 2 is 1.83 bits per heavy atom. The zero-order valence-corrected chi connectivity index (χ0v) is 13.7. The molecular formula is C18H21FN4O. The summed E-state index contributed by atoms with van der Waals surface area (Å²) in [5.41, 5.74) is 1.24. The number of anilines is 1. The molecule has 0 N–H and O–H groups in total. The van der Waals surface area contributed by atoms with Crippen LogP contribution in [0.5, 0.6) is 5.75 Å². The summed E-state index contributed by atoms with van der Waals surface area (Å²) in [6, 6.07) is 8.65. The van der Waals surface area contributed by atoms with Crippen LogP contribution in [-0.2, 0) is 0 Å². The molecule has 2 aromatic rings. The van der Waals surface area contributed by atoms with Crippen molar-refractivity contribution in [1.82, 2.24) is 14.9 Å². The summed E-state index contributed by atoms with van der Waals surface area (Å²) >= 11 is 0. The Morgan fingerprint density at radius 1 is 1.08 bits per heavy atom. The topological polar surface area (TPSA) is 41.5 Å². The van der Waals surface area contributed by atoms with Crippen LogP contribution in [-0.4, -0.2) is 53.2 Å². The number of aryl methyl sites for hydroxylation is 1. The van der Waals surface area contributed by atoms with Crippen LogP contribution < -0.4 is 9.64 Å². The van der Waals surface area contributed by atoms with Crippen LogP contribution in [0.15, 0.2) is 36.7 Å². The van der Waals surface area contributed by atoms with Crippen molar-refractivity contribution in [2.45, 2.75) is 25.5 Å². The molecule has 6 heteroatoms. The van der Waals surface area contributed by atoms with Crippen LogP contribution >= 0.6 is 0 Å². The lowest BCUT2D eigenvalue weighted by molar-refractivity contribution is 0.192. The zero-order valence-electron chi connectivity index (χ0n) is 13.7. The molecular weight excluding hydrogens is 307 g/mol. The summed E-state index contributed by atoms with van der Waals surface area (Å²) in [7, 11) is 0. The van der Waals surface area contributed by atoms with Crippen molar-refractivity contribution in [2.75, 3.05) is 31.1 Å². The quantitative estimate of drug-likeness (QED) is 0.864. The van der Waals surface area contributed by atoms with E-state index in [9.17, 15) is 4.39 Å². The Kier molecular flexibility index (Phi) is 4.06. The van der Waals surface area contributed by atoms with E-state index in [0.717, 1.165) is 38.3 Å². The van der Waals surface area contributed by atoms with E-state index in [2.05, 4.69) is 38.8 Å². The van der Waals surface area contributed by atoms with E-state index in [1.54, 1.807) is 0 Å². The Bertz CT molecular complexity index is 691. The van der Waals surface area contributed by atoms with Gasteiger partial charge in [0.25, 0.3) is 0 Å². The van der Waals surface area contributed by atoms with Crippen molar-refractivity contribution in [3.63, 3.8) is 0 Å². The largest absolute Gasteiger partial charge is 0.489 e. The molecule has 2 atom stereocenters. The van der Waals surface area contributed by atoms with E-state index in [1.165, 1.54) is 18.0 Å². The second-order valence-electron chi connectivity index (χ2n) is 6.58. The molecule has 0 bridgehead atoms. The molecule has 3 heterocycles. The van der Waals surface area contributed by atoms with Crippen LogP contribution in [0.3, 0.4) is 0 Å².